The average molecular weight is 250 g/mol. The number of hydrogen-bond donors (Lipinski definition) is 1. The van der Waals surface area contributed by atoms with Gasteiger partial charge in [-0.25, -0.2) is 0 Å². The Labute approximate surface area is 114 Å². The monoisotopic (exact) mass is 250 g/mol. The third-order valence-electron chi connectivity index (χ3n) is 4.58. The summed E-state index contributed by atoms with van der Waals surface area (Å²) in [6.45, 7) is 10.5. The van der Waals surface area contributed by atoms with E-state index in [9.17, 15) is 0 Å². The van der Waals surface area contributed by atoms with Gasteiger partial charge in [-0.3, -0.25) is 4.90 Å². The van der Waals surface area contributed by atoms with Gasteiger partial charge in [0, 0.05) is 31.1 Å². The molecule has 1 saturated heterocycles. The zero-order valence-corrected chi connectivity index (χ0v) is 12.5. The van der Waals surface area contributed by atoms with Crippen LogP contribution in [0.25, 0.3) is 0 Å². The minimum absolute atomic E-state index is 0.345. The molecule has 1 aliphatic heterocycles. The summed E-state index contributed by atoms with van der Waals surface area (Å²) < 4.78 is 0. The van der Waals surface area contributed by atoms with Crippen molar-refractivity contribution >= 4 is 0 Å². The van der Waals surface area contributed by atoms with E-state index < -0.39 is 0 Å². The molecule has 0 aromatic heterocycles. The lowest BCUT2D eigenvalue weighted by atomic mass is 9.88. The lowest BCUT2D eigenvalue weighted by Gasteiger charge is -2.47. The fourth-order valence-electron chi connectivity index (χ4n) is 2.97. The van der Waals surface area contributed by atoms with Gasteiger partial charge < -0.3 is 5.32 Å². The van der Waals surface area contributed by atoms with Crippen LogP contribution in [0.2, 0.25) is 0 Å². The van der Waals surface area contributed by atoms with Crippen LogP contribution in [0.5, 0.6) is 0 Å². The lowest BCUT2D eigenvalue weighted by Crippen LogP contribution is -2.63. The van der Waals surface area contributed by atoms with Crippen molar-refractivity contribution < 1.29 is 0 Å². The van der Waals surface area contributed by atoms with Gasteiger partial charge in [-0.1, -0.05) is 20.8 Å². The molecule has 1 atom stereocenters. The predicted octanol–water partition coefficient (Wildman–Crippen LogP) is 3.03. The fourth-order valence-corrected chi connectivity index (χ4v) is 2.97. The molecule has 1 N–H and O–H groups in total. The molecule has 0 aromatic carbocycles. The van der Waals surface area contributed by atoms with Gasteiger partial charge in [0.1, 0.15) is 0 Å². The Morgan fingerprint density at radius 1 is 1.28 bits per heavy atom. The van der Waals surface area contributed by atoms with Gasteiger partial charge in [0.05, 0.1) is 0 Å². The molecule has 104 valence electrons. The van der Waals surface area contributed by atoms with E-state index in [0.717, 1.165) is 13.0 Å². The van der Waals surface area contributed by atoms with E-state index in [1.54, 1.807) is 0 Å². The minimum Gasteiger partial charge on any atom is -0.308 e. The smallest absolute Gasteiger partial charge is 0.0304 e. The van der Waals surface area contributed by atoms with E-state index in [2.05, 4.69) is 36.9 Å². The second kappa shape index (κ2) is 7.81. The van der Waals surface area contributed by atoms with Gasteiger partial charge >= 0.3 is 0 Å². The average Bonchev–Trinajstić information content (AvgIpc) is 2.43. The van der Waals surface area contributed by atoms with Crippen LogP contribution in [0, 0.1) is 12.3 Å². The molecule has 0 spiro atoms. The fraction of sp³-hybridized carbons (Fsp3) is 0.875. The highest BCUT2D eigenvalue weighted by Gasteiger charge is 2.35. The van der Waals surface area contributed by atoms with Gasteiger partial charge in [-0.15, -0.1) is 12.3 Å². The normalized spacial score (nSPS) is 23.8. The Morgan fingerprint density at radius 2 is 2.00 bits per heavy atom. The Kier molecular flexibility index (Phi) is 6.75. The van der Waals surface area contributed by atoms with E-state index in [1.807, 2.05) is 0 Å². The number of nitrogens with zero attached hydrogens (tertiary/aromatic N) is 1. The van der Waals surface area contributed by atoms with Crippen LogP contribution in [-0.2, 0) is 0 Å². The molecule has 1 rings (SSSR count). The summed E-state index contributed by atoms with van der Waals surface area (Å²) in [6, 6.07) is 0.710. The highest BCUT2D eigenvalue weighted by Crippen LogP contribution is 2.24. The first kappa shape index (κ1) is 15.5. The summed E-state index contributed by atoms with van der Waals surface area (Å²) in [7, 11) is 0. The number of rotatable bonds is 7. The van der Waals surface area contributed by atoms with Crippen molar-refractivity contribution in [1.29, 1.82) is 0 Å². The van der Waals surface area contributed by atoms with Gasteiger partial charge in [0.2, 0.25) is 0 Å². The molecule has 1 fully saturated rings. The largest absolute Gasteiger partial charge is 0.308 e. The Hall–Kier alpha value is -0.520. The summed E-state index contributed by atoms with van der Waals surface area (Å²) in [5.74, 6) is 2.74. The minimum atomic E-state index is 0.345. The first-order valence-corrected chi connectivity index (χ1v) is 7.63. The molecule has 0 aliphatic carbocycles. The van der Waals surface area contributed by atoms with Crippen LogP contribution >= 0.6 is 0 Å². The Morgan fingerprint density at radius 3 is 2.56 bits per heavy atom. The third kappa shape index (κ3) is 4.00. The SMILES string of the molecule is C#CCCCCN1CC(CC)(CC)NCC1CC. The van der Waals surface area contributed by atoms with Crippen molar-refractivity contribution in [2.45, 2.75) is 70.9 Å². The standard InChI is InChI=1S/C16H30N2/c1-5-9-10-11-12-18-14-16(7-3,8-4)17-13-15(18)6-2/h1,15,17H,6-14H2,2-4H3. The summed E-state index contributed by atoms with van der Waals surface area (Å²) in [6.07, 6.45) is 12.3. The van der Waals surface area contributed by atoms with E-state index in [-0.39, 0.29) is 0 Å². The molecule has 0 radical (unpaired) electrons. The van der Waals surface area contributed by atoms with Crippen molar-refractivity contribution in [2.75, 3.05) is 19.6 Å². The number of nitrogens with one attached hydrogen (secondary N) is 1. The second-order valence-corrected chi connectivity index (χ2v) is 5.56. The van der Waals surface area contributed by atoms with E-state index >= 15 is 0 Å². The molecule has 0 saturated carbocycles. The van der Waals surface area contributed by atoms with Gasteiger partial charge in [0.15, 0.2) is 0 Å². The van der Waals surface area contributed by atoms with Crippen LogP contribution in [0.1, 0.15) is 59.3 Å². The van der Waals surface area contributed by atoms with Crippen molar-refractivity contribution in [3.05, 3.63) is 0 Å². The summed E-state index contributed by atoms with van der Waals surface area (Å²) >= 11 is 0. The number of unbranched alkanes of at least 4 members (excludes halogenated alkanes) is 2. The first-order chi connectivity index (χ1) is 8.71. The topological polar surface area (TPSA) is 15.3 Å². The Balaban J connectivity index is 2.51. The van der Waals surface area contributed by atoms with Crippen LogP contribution in [0.15, 0.2) is 0 Å². The molecule has 0 aromatic rings. The molecule has 1 unspecified atom stereocenters. The van der Waals surface area contributed by atoms with Crippen LogP contribution in [0.3, 0.4) is 0 Å². The van der Waals surface area contributed by atoms with Crippen molar-refractivity contribution in [1.82, 2.24) is 10.2 Å². The second-order valence-electron chi connectivity index (χ2n) is 5.56. The quantitative estimate of drug-likeness (QED) is 0.552. The Bertz CT molecular complexity index is 263. The first-order valence-electron chi connectivity index (χ1n) is 7.63. The van der Waals surface area contributed by atoms with Crippen LogP contribution < -0.4 is 5.32 Å². The molecular formula is C16H30N2. The maximum atomic E-state index is 5.31. The molecular weight excluding hydrogens is 220 g/mol. The zero-order chi connectivity index (χ0) is 13.4. The highest BCUT2D eigenvalue weighted by atomic mass is 15.2. The number of piperazine rings is 1. The van der Waals surface area contributed by atoms with Gasteiger partial charge in [-0.05, 0) is 38.6 Å². The van der Waals surface area contributed by atoms with Crippen LogP contribution in [-0.4, -0.2) is 36.1 Å². The van der Waals surface area contributed by atoms with Crippen molar-refractivity contribution in [3.8, 4) is 12.3 Å². The molecule has 18 heavy (non-hydrogen) atoms. The highest BCUT2D eigenvalue weighted by molar-refractivity contribution is 4.96. The molecule has 1 heterocycles. The molecule has 2 nitrogen and oxygen atoms in total. The zero-order valence-electron chi connectivity index (χ0n) is 12.5. The molecule has 0 amide bonds. The maximum Gasteiger partial charge on any atom is 0.0304 e. The molecule has 1 aliphatic rings. The van der Waals surface area contributed by atoms with Crippen molar-refractivity contribution in [3.63, 3.8) is 0 Å². The molecule has 2 heteroatoms. The van der Waals surface area contributed by atoms with E-state index in [4.69, 9.17) is 6.42 Å². The summed E-state index contributed by atoms with van der Waals surface area (Å²) in [4.78, 5) is 2.69. The number of hydrogen-bond acceptors (Lipinski definition) is 2. The maximum absolute atomic E-state index is 5.31. The van der Waals surface area contributed by atoms with Crippen molar-refractivity contribution in [2.24, 2.45) is 0 Å². The van der Waals surface area contributed by atoms with Gasteiger partial charge in [-0.2, -0.15) is 0 Å². The third-order valence-corrected chi connectivity index (χ3v) is 4.58. The summed E-state index contributed by atoms with van der Waals surface area (Å²) in [5.41, 5.74) is 0.345. The summed E-state index contributed by atoms with van der Waals surface area (Å²) in [5, 5.41) is 3.79. The van der Waals surface area contributed by atoms with Crippen LogP contribution in [0.4, 0.5) is 0 Å². The van der Waals surface area contributed by atoms with E-state index in [0.29, 0.717) is 11.6 Å². The van der Waals surface area contributed by atoms with E-state index in [1.165, 1.54) is 45.2 Å². The van der Waals surface area contributed by atoms with Gasteiger partial charge in [0.25, 0.3) is 0 Å². The lowest BCUT2D eigenvalue weighted by molar-refractivity contribution is 0.0693. The molecule has 0 bridgehead atoms. The number of terminal acetylenes is 1. The predicted molar refractivity (Wildman–Crippen MR) is 79.7 cm³/mol.